The Morgan fingerprint density at radius 2 is 1.91 bits per heavy atom. The van der Waals surface area contributed by atoms with Crippen molar-refractivity contribution in [3.8, 4) is 0 Å². The molecule has 0 aromatic heterocycles. The lowest BCUT2D eigenvalue weighted by molar-refractivity contribution is -0.124. The minimum absolute atomic E-state index is 0.00600. The third-order valence-electron chi connectivity index (χ3n) is 7.85. The van der Waals surface area contributed by atoms with Gasteiger partial charge in [-0.15, -0.1) is 0 Å². The summed E-state index contributed by atoms with van der Waals surface area (Å²) in [6.45, 7) is 6.27. The second-order valence-electron chi connectivity index (χ2n) is 10.5. The highest BCUT2D eigenvalue weighted by Crippen LogP contribution is 2.31. The lowest BCUT2D eigenvalue weighted by Gasteiger charge is -2.38. The van der Waals surface area contributed by atoms with Crippen LogP contribution in [0, 0.1) is 6.92 Å². The van der Waals surface area contributed by atoms with E-state index in [4.69, 9.17) is 0 Å². The summed E-state index contributed by atoms with van der Waals surface area (Å²) in [4.78, 5) is 30.0. The van der Waals surface area contributed by atoms with Crippen LogP contribution < -0.4 is 15.5 Å². The zero-order valence-corrected chi connectivity index (χ0v) is 20.9. The van der Waals surface area contributed by atoms with Gasteiger partial charge in [0.1, 0.15) is 0 Å². The Balaban J connectivity index is 1.24. The van der Waals surface area contributed by atoms with Gasteiger partial charge in [-0.05, 0) is 80.4 Å². The first-order valence-electron chi connectivity index (χ1n) is 13.3. The molecule has 1 unspecified atom stereocenters. The van der Waals surface area contributed by atoms with Crippen molar-refractivity contribution >= 4 is 17.5 Å². The number of piperazine rings is 1. The fourth-order valence-corrected chi connectivity index (χ4v) is 5.99. The predicted octanol–water partition coefficient (Wildman–Crippen LogP) is 3.87. The number of aryl methyl sites for hydroxylation is 2. The van der Waals surface area contributed by atoms with Crippen LogP contribution in [0.1, 0.15) is 66.8 Å². The monoisotopic (exact) mass is 474 g/mol. The third kappa shape index (κ3) is 5.69. The zero-order chi connectivity index (χ0) is 24.2. The van der Waals surface area contributed by atoms with Gasteiger partial charge in [0.15, 0.2) is 0 Å². The van der Waals surface area contributed by atoms with E-state index in [1.807, 2.05) is 18.2 Å². The van der Waals surface area contributed by atoms with Crippen molar-refractivity contribution in [2.45, 2.75) is 70.5 Å². The summed E-state index contributed by atoms with van der Waals surface area (Å²) in [5, 5.41) is 6.28. The van der Waals surface area contributed by atoms with E-state index in [0.717, 1.165) is 37.1 Å². The molecule has 2 N–H and O–H groups in total. The van der Waals surface area contributed by atoms with E-state index in [9.17, 15) is 9.59 Å². The molecule has 0 spiro atoms. The molecule has 2 aromatic carbocycles. The molecule has 5 rings (SSSR count). The third-order valence-corrected chi connectivity index (χ3v) is 7.85. The lowest BCUT2D eigenvalue weighted by atomic mass is 9.86. The highest BCUT2D eigenvalue weighted by Gasteiger charge is 2.30. The molecule has 2 amide bonds. The molecule has 0 bridgehead atoms. The van der Waals surface area contributed by atoms with E-state index in [1.165, 1.54) is 49.0 Å². The standard InChI is InChI=1S/C29H38N4O2/c1-21-8-3-4-11-27(21)33-20-29(35)30-18-24(33)17-28(34)31-26-10-7-9-23-16-22(12-13-25(23)26)19-32-14-5-2-6-15-32/h3-4,8,11-13,16,24,26H,2,5-7,9-10,14-15,17-20H2,1H3,(H,30,35)(H,31,34)/t24-,26?/m1/s1. The van der Waals surface area contributed by atoms with Crippen LogP contribution in [0.15, 0.2) is 42.5 Å². The van der Waals surface area contributed by atoms with Crippen LogP contribution in [0.4, 0.5) is 5.69 Å². The number of carbonyl (C=O) groups excluding carboxylic acids is 2. The number of rotatable bonds is 6. The molecule has 186 valence electrons. The molecule has 1 aliphatic carbocycles. The molecule has 2 fully saturated rings. The van der Waals surface area contributed by atoms with Gasteiger partial charge < -0.3 is 15.5 Å². The number of hydrogen-bond acceptors (Lipinski definition) is 4. The number of carbonyl (C=O) groups is 2. The number of nitrogens with zero attached hydrogens (tertiary/aromatic N) is 2. The fraction of sp³-hybridized carbons (Fsp3) is 0.517. The second-order valence-corrected chi connectivity index (χ2v) is 10.5. The van der Waals surface area contributed by atoms with E-state index in [1.54, 1.807) is 0 Å². The van der Waals surface area contributed by atoms with Crippen molar-refractivity contribution in [2.24, 2.45) is 0 Å². The smallest absolute Gasteiger partial charge is 0.239 e. The molecule has 2 atom stereocenters. The number of piperidine rings is 1. The Morgan fingerprint density at radius 1 is 1.09 bits per heavy atom. The van der Waals surface area contributed by atoms with E-state index in [-0.39, 0.29) is 30.4 Å². The summed E-state index contributed by atoms with van der Waals surface area (Å²) in [6, 6.07) is 15.0. The van der Waals surface area contributed by atoms with Gasteiger partial charge in [-0.1, -0.05) is 42.8 Å². The van der Waals surface area contributed by atoms with Crippen LogP contribution in [-0.2, 0) is 22.6 Å². The van der Waals surface area contributed by atoms with Gasteiger partial charge in [-0.3, -0.25) is 14.5 Å². The Morgan fingerprint density at radius 3 is 2.74 bits per heavy atom. The van der Waals surface area contributed by atoms with Crippen LogP contribution in [0.2, 0.25) is 0 Å². The SMILES string of the molecule is Cc1ccccc1N1CC(=O)NC[C@H]1CC(=O)NC1CCCc2cc(CN3CCCCC3)ccc21. The van der Waals surface area contributed by atoms with Gasteiger partial charge in [-0.2, -0.15) is 0 Å². The summed E-state index contributed by atoms with van der Waals surface area (Å²) in [5.74, 6) is 0.0615. The number of para-hydroxylation sites is 1. The van der Waals surface area contributed by atoms with Crippen LogP contribution in [0.3, 0.4) is 0 Å². The normalized spacial score (nSPS) is 22.9. The van der Waals surface area contributed by atoms with Crippen molar-refractivity contribution in [2.75, 3.05) is 31.1 Å². The minimum atomic E-state index is -0.0521. The number of benzene rings is 2. The van der Waals surface area contributed by atoms with E-state index in [2.05, 4.69) is 51.6 Å². The molecular weight excluding hydrogens is 436 g/mol. The molecule has 2 aromatic rings. The van der Waals surface area contributed by atoms with Gasteiger partial charge in [0.2, 0.25) is 11.8 Å². The van der Waals surface area contributed by atoms with E-state index >= 15 is 0 Å². The maximum Gasteiger partial charge on any atom is 0.239 e. The van der Waals surface area contributed by atoms with Gasteiger partial charge >= 0.3 is 0 Å². The first kappa shape index (κ1) is 23.9. The van der Waals surface area contributed by atoms with Crippen LogP contribution in [0.25, 0.3) is 0 Å². The topological polar surface area (TPSA) is 64.7 Å². The Bertz CT molecular complexity index is 1060. The molecule has 2 heterocycles. The highest BCUT2D eigenvalue weighted by molar-refractivity contribution is 5.85. The molecule has 35 heavy (non-hydrogen) atoms. The van der Waals surface area contributed by atoms with Gasteiger partial charge in [0.05, 0.1) is 18.6 Å². The zero-order valence-electron chi connectivity index (χ0n) is 20.9. The summed E-state index contributed by atoms with van der Waals surface area (Å²) in [7, 11) is 0. The second kappa shape index (κ2) is 10.8. The van der Waals surface area contributed by atoms with Crippen LogP contribution >= 0.6 is 0 Å². The van der Waals surface area contributed by atoms with Crippen molar-refractivity contribution in [1.82, 2.24) is 15.5 Å². The van der Waals surface area contributed by atoms with Crippen molar-refractivity contribution in [3.05, 3.63) is 64.7 Å². The van der Waals surface area contributed by atoms with E-state index in [0.29, 0.717) is 13.0 Å². The first-order valence-corrected chi connectivity index (χ1v) is 13.3. The maximum absolute atomic E-state index is 13.2. The maximum atomic E-state index is 13.2. The van der Waals surface area contributed by atoms with Crippen LogP contribution in [-0.4, -0.2) is 48.9 Å². The van der Waals surface area contributed by atoms with Crippen molar-refractivity contribution in [1.29, 1.82) is 0 Å². The molecule has 3 aliphatic rings. The molecular formula is C29H38N4O2. The van der Waals surface area contributed by atoms with Crippen molar-refractivity contribution in [3.63, 3.8) is 0 Å². The molecule has 2 saturated heterocycles. The number of anilines is 1. The molecule has 0 radical (unpaired) electrons. The van der Waals surface area contributed by atoms with Gasteiger partial charge in [0.25, 0.3) is 0 Å². The summed E-state index contributed by atoms with van der Waals surface area (Å²) >= 11 is 0. The summed E-state index contributed by atoms with van der Waals surface area (Å²) < 4.78 is 0. The Labute approximate surface area is 209 Å². The number of amides is 2. The molecule has 6 nitrogen and oxygen atoms in total. The summed E-state index contributed by atoms with van der Waals surface area (Å²) in [5.41, 5.74) is 6.21. The minimum Gasteiger partial charge on any atom is -0.357 e. The van der Waals surface area contributed by atoms with Crippen LogP contribution in [0.5, 0.6) is 0 Å². The van der Waals surface area contributed by atoms with Crippen molar-refractivity contribution < 1.29 is 9.59 Å². The number of likely N-dealkylation sites (tertiary alicyclic amines) is 1. The predicted molar refractivity (Wildman–Crippen MR) is 139 cm³/mol. The van der Waals surface area contributed by atoms with E-state index < -0.39 is 0 Å². The largest absolute Gasteiger partial charge is 0.357 e. The highest BCUT2D eigenvalue weighted by atomic mass is 16.2. The average Bonchev–Trinajstić information content (AvgIpc) is 2.86. The van der Waals surface area contributed by atoms with Gasteiger partial charge in [0, 0.05) is 25.2 Å². The van der Waals surface area contributed by atoms with Gasteiger partial charge in [-0.25, -0.2) is 0 Å². The number of fused-ring (bicyclic) bond motifs is 1. The molecule has 2 aliphatic heterocycles. The Kier molecular flexibility index (Phi) is 7.37. The number of hydrogen-bond donors (Lipinski definition) is 2. The quantitative estimate of drug-likeness (QED) is 0.667. The molecule has 6 heteroatoms. The first-order chi connectivity index (χ1) is 17.1. The Hall–Kier alpha value is -2.86. The lowest BCUT2D eigenvalue weighted by Crippen LogP contribution is -2.56. The number of nitrogens with one attached hydrogen (secondary N) is 2. The average molecular weight is 475 g/mol. The fourth-order valence-electron chi connectivity index (χ4n) is 5.99. The summed E-state index contributed by atoms with van der Waals surface area (Å²) in [6.07, 6.45) is 7.51. The molecule has 0 saturated carbocycles.